The van der Waals surface area contributed by atoms with Gasteiger partial charge in [-0.2, -0.15) is 0 Å². The highest BCUT2D eigenvalue weighted by molar-refractivity contribution is 7.15. The first-order valence-electron chi connectivity index (χ1n) is 5.43. The summed E-state index contributed by atoms with van der Waals surface area (Å²) in [4.78, 5) is 9.80. The number of imidazole rings is 1. The molecule has 0 saturated heterocycles. The van der Waals surface area contributed by atoms with Gasteiger partial charge in [0.25, 0.3) is 0 Å². The van der Waals surface area contributed by atoms with Crippen LogP contribution in [-0.2, 0) is 13.1 Å². The van der Waals surface area contributed by atoms with E-state index in [2.05, 4.69) is 21.5 Å². The Balaban J connectivity index is 1.59. The molecular weight excluding hydrogens is 232 g/mol. The van der Waals surface area contributed by atoms with Crippen LogP contribution in [0.2, 0.25) is 0 Å². The Hall–Kier alpha value is -1.72. The van der Waals surface area contributed by atoms with Gasteiger partial charge in [0.15, 0.2) is 4.96 Å². The van der Waals surface area contributed by atoms with Crippen LogP contribution in [0.4, 0.5) is 0 Å². The maximum absolute atomic E-state index is 4.50. The van der Waals surface area contributed by atoms with Gasteiger partial charge in [-0.25, -0.2) is 4.98 Å². The first-order chi connectivity index (χ1) is 8.42. The maximum Gasteiger partial charge on any atom is 0.193 e. The molecule has 0 aliphatic rings. The summed E-state index contributed by atoms with van der Waals surface area (Å²) in [5.74, 6) is 0. The molecule has 4 nitrogen and oxygen atoms in total. The summed E-state index contributed by atoms with van der Waals surface area (Å²) in [5, 5.41) is 5.37. The molecule has 86 valence electrons. The van der Waals surface area contributed by atoms with E-state index in [1.807, 2.05) is 40.4 Å². The largest absolute Gasteiger partial charge is 0.305 e. The van der Waals surface area contributed by atoms with Crippen LogP contribution < -0.4 is 5.32 Å². The molecule has 0 saturated carbocycles. The number of rotatable bonds is 4. The Kier molecular flexibility index (Phi) is 2.85. The number of fused-ring (bicyclic) bond motifs is 1. The Morgan fingerprint density at radius 2 is 2.18 bits per heavy atom. The lowest BCUT2D eigenvalue weighted by molar-refractivity contribution is 0.670. The summed E-state index contributed by atoms with van der Waals surface area (Å²) < 4.78 is 2.04. The molecule has 0 bridgehead atoms. The van der Waals surface area contributed by atoms with E-state index in [0.29, 0.717) is 0 Å². The van der Waals surface area contributed by atoms with Crippen LogP contribution in [0, 0.1) is 0 Å². The van der Waals surface area contributed by atoms with E-state index in [0.717, 1.165) is 29.4 Å². The summed E-state index contributed by atoms with van der Waals surface area (Å²) in [6.07, 6.45) is 5.89. The molecule has 0 unspecified atom stereocenters. The molecule has 17 heavy (non-hydrogen) atoms. The molecule has 3 heterocycles. The minimum Gasteiger partial charge on any atom is -0.305 e. The van der Waals surface area contributed by atoms with Gasteiger partial charge in [-0.1, -0.05) is 6.07 Å². The Morgan fingerprint density at radius 3 is 3.00 bits per heavy atom. The smallest absolute Gasteiger partial charge is 0.193 e. The number of hydrogen-bond acceptors (Lipinski definition) is 4. The fourth-order valence-corrected chi connectivity index (χ4v) is 2.40. The lowest BCUT2D eigenvalue weighted by Gasteiger charge is -2.01. The van der Waals surface area contributed by atoms with Crippen LogP contribution in [-0.4, -0.2) is 14.4 Å². The molecule has 0 aromatic carbocycles. The van der Waals surface area contributed by atoms with Crippen molar-refractivity contribution in [2.75, 3.05) is 0 Å². The highest BCUT2D eigenvalue weighted by Crippen LogP contribution is 2.11. The lowest BCUT2D eigenvalue weighted by atomic mass is 10.3. The summed E-state index contributed by atoms with van der Waals surface area (Å²) in [6.45, 7) is 1.54. The molecule has 3 aromatic heterocycles. The number of nitrogens with zero attached hydrogens (tertiary/aromatic N) is 3. The van der Waals surface area contributed by atoms with E-state index in [1.165, 1.54) is 0 Å². The molecule has 3 aromatic rings. The van der Waals surface area contributed by atoms with E-state index in [9.17, 15) is 0 Å². The number of nitrogens with one attached hydrogen (secondary N) is 1. The second-order valence-electron chi connectivity index (χ2n) is 3.75. The molecule has 0 spiro atoms. The maximum atomic E-state index is 4.50. The van der Waals surface area contributed by atoms with Crippen LogP contribution >= 0.6 is 11.3 Å². The third-order valence-electron chi connectivity index (χ3n) is 2.48. The molecule has 0 atom stereocenters. The number of hydrogen-bond donors (Lipinski definition) is 1. The van der Waals surface area contributed by atoms with Crippen LogP contribution in [0.15, 0.2) is 42.2 Å². The quantitative estimate of drug-likeness (QED) is 0.764. The van der Waals surface area contributed by atoms with Gasteiger partial charge in [0.2, 0.25) is 0 Å². The van der Waals surface area contributed by atoms with Gasteiger partial charge in [0.1, 0.15) is 0 Å². The zero-order valence-electron chi connectivity index (χ0n) is 9.21. The predicted molar refractivity (Wildman–Crippen MR) is 67.8 cm³/mol. The second kappa shape index (κ2) is 4.65. The number of thiazole rings is 1. The van der Waals surface area contributed by atoms with Gasteiger partial charge in [0, 0.05) is 37.1 Å². The first kappa shape index (κ1) is 10.4. The zero-order chi connectivity index (χ0) is 11.5. The van der Waals surface area contributed by atoms with Crippen molar-refractivity contribution in [3.63, 3.8) is 0 Å². The molecule has 1 N–H and O–H groups in total. The molecule has 0 fully saturated rings. The van der Waals surface area contributed by atoms with Gasteiger partial charge in [-0.3, -0.25) is 9.38 Å². The van der Waals surface area contributed by atoms with Crippen molar-refractivity contribution >= 4 is 16.3 Å². The molecule has 0 amide bonds. The molecule has 3 rings (SSSR count). The minimum absolute atomic E-state index is 0.769. The second-order valence-corrected chi connectivity index (χ2v) is 4.62. The SMILES string of the molecule is c1ccc(CNCc2cn3ccsc3n2)nc1. The van der Waals surface area contributed by atoms with Gasteiger partial charge in [0.05, 0.1) is 11.4 Å². The van der Waals surface area contributed by atoms with Crippen LogP contribution in [0.5, 0.6) is 0 Å². The Labute approximate surface area is 103 Å². The fraction of sp³-hybridized carbons (Fsp3) is 0.167. The van der Waals surface area contributed by atoms with Crippen molar-refractivity contribution in [2.24, 2.45) is 0 Å². The van der Waals surface area contributed by atoms with Crippen molar-refractivity contribution in [1.82, 2.24) is 19.7 Å². The minimum atomic E-state index is 0.769. The van der Waals surface area contributed by atoms with Gasteiger partial charge in [-0.05, 0) is 12.1 Å². The van der Waals surface area contributed by atoms with E-state index in [-0.39, 0.29) is 0 Å². The van der Waals surface area contributed by atoms with Crippen LogP contribution in [0.25, 0.3) is 4.96 Å². The predicted octanol–water partition coefficient (Wildman–Crippen LogP) is 2.08. The highest BCUT2D eigenvalue weighted by Gasteiger charge is 2.01. The van der Waals surface area contributed by atoms with Crippen LogP contribution in [0.3, 0.4) is 0 Å². The number of aromatic nitrogens is 3. The summed E-state index contributed by atoms with van der Waals surface area (Å²) in [7, 11) is 0. The summed E-state index contributed by atoms with van der Waals surface area (Å²) >= 11 is 1.65. The van der Waals surface area contributed by atoms with Crippen molar-refractivity contribution in [3.8, 4) is 0 Å². The average Bonchev–Trinajstić information content (AvgIpc) is 2.91. The molecule has 0 radical (unpaired) electrons. The van der Waals surface area contributed by atoms with Crippen molar-refractivity contribution in [1.29, 1.82) is 0 Å². The van der Waals surface area contributed by atoms with Gasteiger partial charge >= 0.3 is 0 Å². The molecule has 5 heteroatoms. The third-order valence-corrected chi connectivity index (χ3v) is 3.25. The van der Waals surface area contributed by atoms with E-state index >= 15 is 0 Å². The molecule has 0 aliphatic heterocycles. The average molecular weight is 244 g/mol. The molecular formula is C12H12N4S. The first-order valence-corrected chi connectivity index (χ1v) is 6.31. The zero-order valence-corrected chi connectivity index (χ0v) is 10.0. The Bertz CT molecular complexity index is 571. The monoisotopic (exact) mass is 244 g/mol. The number of pyridine rings is 1. The van der Waals surface area contributed by atoms with E-state index in [1.54, 1.807) is 11.3 Å². The van der Waals surface area contributed by atoms with E-state index in [4.69, 9.17) is 0 Å². The Morgan fingerprint density at radius 1 is 1.24 bits per heavy atom. The van der Waals surface area contributed by atoms with Gasteiger partial charge in [-0.15, -0.1) is 11.3 Å². The summed E-state index contributed by atoms with van der Waals surface area (Å²) in [5.41, 5.74) is 2.11. The van der Waals surface area contributed by atoms with Crippen molar-refractivity contribution in [3.05, 3.63) is 53.6 Å². The molecule has 0 aliphatic carbocycles. The lowest BCUT2D eigenvalue weighted by Crippen LogP contribution is -2.13. The fourth-order valence-electron chi connectivity index (χ4n) is 1.68. The highest BCUT2D eigenvalue weighted by atomic mass is 32.1. The third kappa shape index (κ3) is 2.35. The normalized spacial score (nSPS) is 11.1. The van der Waals surface area contributed by atoms with Crippen LogP contribution in [0.1, 0.15) is 11.4 Å². The topological polar surface area (TPSA) is 42.2 Å². The summed E-state index contributed by atoms with van der Waals surface area (Å²) in [6, 6.07) is 5.93. The van der Waals surface area contributed by atoms with Gasteiger partial charge < -0.3 is 5.32 Å². The standard InChI is InChI=1S/C12H12N4S/c1-2-4-14-10(3-1)7-13-8-11-9-16-5-6-17-12(16)15-11/h1-6,9,13H,7-8H2. The van der Waals surface area contributed by atoms with Crippen molar-refractivity contribution < 1.29 is 0 Å². The van der Waals surface area contributed by atoms with Crippen molar-refractivity contribution in [2.45, 2.75) is 13.1 Å². The van der Waals surface area contributed by atoms with E-state index < -0.39 is 0 Å².